The zero-order chi connectivity index (χ0) is 24.3. The Morgan fingerprint density at radius 2 is 1.54 bits per heavy atom. The normalized spacial score (nSPS) is 23.9. The molecule has 0 unspecified atom stereocenters. The zero-order valence-electron chi connectivity index (χ0n) is 22.9. The predicted octanol–water partition coefficient (Wildman–Crippen LogP) is 7.36. The van der Waals surface area contributed by atoms with Gasteiger partial charge in [0.25, 0.3) is 5.84 Å². The van der Waals surface area contributed by atoms with E-state index in [2.05, 4.69) is 65.6 Å². The van der Waals surface area contributed by atoms with Crippen LogP contribution in [0.25, 0.3) is 0 Å². The summed E-state index contributed by atoms with van der Waals surface area (Å²) in [6.07, 6.45) is 21.2. The van der Waals surface area contributed by atoms with Crippen molar-refractivity contribution < 1.29 is 4.58 Å². The molecule has 3 nitrogen and oxygen atoms in total. The number of rotatable bonds is 10. The van der Waals surface area contributed by atoms with E-state index in [0.717, 1.165) is 24.9 Å². The highest BCUT2D eigenvalue weighted by Crippen LogP contribution is 2.48. The lowest BCUT2D eigenvalue weighted by molar-refractivity contribution is -0.485. The summed E-state index contributed by atoms with van der Waals surface area (Å²) in [5.41, 5.74) is 4.50. The second-order valence-electron chi connectivity index (χ2n) is 12.5. The van der Waals surface area contributed by atoms with Crippen molar-refractivity contribution in [3.8, 4) is 0 Å². The molecule has 5 rings (SSSR count). The predicted molar refractivity (Wildman–Crippen MR) is 150 cm³/mol. The monoisotopic (exact) mass is 476 g/mol. The lowest BCUT2D eigenvalue weighted by Crippen LogP contribution is -2.33. The molecule has 2 saturated carbocycles. The van der Waals surface area contributed by atoms with Crippen molar-refractivity contribution in [3.63, 3.8) is 0 Å². The number of amidine groups is 1. The summed E-state index contributed by atoms with van der Waals surface area (Å²) in [5.74, 6) is 3.45. The fourth-order valence-corrected chi connectivity index (χ4v) is 7.51. The van der Waals surface area contributed by atoms with Gasteiger partial charge in [-0.15, -0.1) is 0 Å². The Kier molecular flexibility index (Phi) is 7.89. The fraction of sp³-hybridized carbons (Fsp3) is 0.719. The highest BCUT2D eigenvalue weighted by molar-refractivity contribution is 5.92. The Morgan fingerprint density at radius 1 is 0.886 bits per heavy atom. The van der Waals surface area contributed by atoms with Crippen LogP contribution in [-0.2, 0) is 5.41 Å². The van der Waals surface area contributed by atoms with Gasteiger partial charge < -0.3 is 4.90 Å². The fourth-order valence-electron chi connectivity index (χ4n) is 7.51. The van der Waals surface area contributed by atoms with Gasteiger partial charge >= 0.3 is 0 Å². The lowest BCUT2D eigenvalue weighted by Gasteiger charge is -2.28. The summed E-state index contributed by atoms with van der Waals surface area (Å²) >= 11 is 0. The Hall–Kier alpha value is -1.77. The van der Waals surface area contributed by atoms with Crippen molar-refractivity contribution in [2.45, 2.75) is 103 Å². The summed E-state index contributed by atoms with van der Waals surface area (Å²) < 4.78 is 2.50. The Labute approximate surface area is 215 Å². The molecule has 2 aliphatic heterocycles. The lowest BCUT2D eigenvalue weighted by atomic mass is 9.83. The molecule has 0 radical (unpaired) electrons. The van der Waals surface area contributed by atoms with Gasteiger partial charge in [-0.25, -0.2) is 0 Å². The standard InChI is InChI=1S/C32H50N3/c1-32(2)28-19-8-9-20-29(28)35(22-12-18-27-15-6-7-16-27)30(32)25-31-33(3)23-24-34(31)21-11-10-17-26-13-4-5-14-26/h8-9,19-20,25-27H,4-7,10-18,21-24H2,1-3H3/q+1. The number of hydrogen-bond acceptors (Lipinski definition) is 2. The van der Waals surface area contributed by atoms with Gasteiger partial charge in [-0.2, -0.15) is 0 Å². The molecule has 0 spiro atoms. The third kappa shape index (κ3) is 5.49. The highest BCUT2D eigenvalue weighted by Gasteiger charge is 2.41. The number of para-hydroxylation sites is 1. The van der Waals surface area contributed by atoms with E-state index in [4.69, 9.17) is 0 Å². The molecule has 2 fully saturated rings. The molecule has 1 aromatic carbocycles. The maximum atomic E-state index is 2.68. The molecule has 0 amide bonds. The number of likely N-dealkylation sites (N-methyl/N-ethyl adjacent to an activating group) is 1. The Morgan fingerprint density at radius 3 is 2.26 bits per heavy atom. The first kappa shape index (κ1) is 24.9. The third-order valence-corrected chi connectivity index (χ3v) is 9.72. The summed E-state index contributed by atoms with van der Waals surface area (Å²) in [5, 5.41) is 0. The first-order valence-electron chi connectivity index (χ1n) is 15.0. The molecule has 35 heavy (non-hydrogen) atoms. The number of benzene rings is 1. The van der Waals surface area contributed by atoms with Crippen molar-refractivity contribution in [1.29, 1.82) is 0 Å². The molecule has 2 heterocycles. The summed E-state index contributed by atoms with van der Waals surface area (Å²) in [7, 11) is 2.30. The number of anilines is 1. The van der Waals surface area contributed by atoms with E-state index in [1.54, 1.807) is 0 Å². The molecule has 3 heteroatoms. The Bertz CT molecular complexity index is 914. The van der Waals surface area contributed by atoms with Crippen LogP contribution >= 0.6 is 0 Å². The molecule has 0 saturated heterocycles. The average molecular weight is 477 g/mol. The van der Waals surface area contributed by atoms with E-state index in [-0.39, 0.29) is 5.41 Å². The maximum Gasteiger partial charge on any atom is 0.273 e. The van der Waals surface area contributed by atoms with Crippen LogP contribution < -0.4 is 4.90 Å². The molecule has 0 bridgehead atoms. The topological polar surface area (TPSA) is 9.49 Å². The minimum absolute atomic E-state index is 0.0501. The van der Waals surface area contributed by atoms with Crippen molar-refractivity contribution in [2.75, 3.05) is 38.1 Å². The van der Waals surface area contributed by atoms with Gasteiger partial charge in [-0.3, -0.25) is 9.48 Å². The summed E-state index contributed by atoms with van der Waals surface area (Å²) in [4.78, 5) is 5.36. The van der Waals surface area contributed by atoms with Crippen LogP contribution in [0.15, 0.2) is 36.0 Å². The van der Waals surface area contributed by atoms with E-state index in [1.165, 1.54) is 119 Å². The molecular formula is C32H50N3+. The van der Waals surface area contributed by atoms with Crippen LogP contribution in [0.1, 0.15) is 103 Å². The SMILES string of the molecule is C[N+]1=C(/C=C2/N(CCCC3CCCC3)c3ccccc3C2(C)C)N(CCCCC2CCCC2)CC1. The van der Waals surface area contributed by atoms with Crippen LogP contribution in [0.4, 0.5) is 5.69 Å². The largest absolute Gasteiger partial charge is 0.344 e. The van der Waals surface area contributed by atoms with Gasteiger partial charge in [0.1, 0.15) is 13.1 Å². The average Bonchev–Trinajstić information content (AvgIpc) is 3.64. The zero-order valence-corrected chi connectivity index (χ0v) is 22.9. The van der Waals surface area contributed by atoms with Crippen LogP contribution in [0, 0.1) is 11.8 Å². The molecular weight excluding hydrogens is 426 g/mol. The number of hydrogen-bond donors (Lipinski definition) is 0. The third-order valence-electron chi connectivity index (χ3n) is 9.72. The van der Waals surface area contributed by atoms with E-state index in [1.807, 2.05) is 0 Å². The van der Waals surface area contributed by atoms with E-state index < -0.39 is 0 Å². The molecule has 0 atom stereocenters. The van der Waals surface area contributed by atoms with Gasteiger partial charge in [-0.05, 0) is 49.1 Å². The van der Waals surface area contributed by atoms with Crippen molar-refractivity contribution in [1.82, 2.24) is 4.90 Å². The van der Waals surface area contributed by atoms with Crippen LogP contribution in [0.3, 0.4) is 0 Å². The molecule has 2 aliphatic carbocycles. The van der Waals surface area contributed by atoms with Gasteiger partial charge in [0, 0.05) is 29.4 Å². The first-order chi connectivity index (χ1) is 17.0. The molecule has 192 valence electrons. The van der Waals surface area contributed by atoms with Crippen molar-refractivity contribution >= 4 is 11.5 Å². The minimum Gasteiger partial charge on any atom is -0.344 e. The first-order valence-corrected chi connectivity index (χ1v) is 15.0. The van der Waals surface area contributed by atoms with Crippen molar-refractivity contribution in [3.05, 3.63) is 41.6 Å². The minimum atomic E-state index is 0.0501. The van der Waals surface area contributed by atoms with Crippen LogP contribution in [-0.4, -0.2) is 48.5 Å². The number of fused-ring (bicyclic) bond motifs is 1. The van der Waals surface area contributed by atoms with E-state index in [0.29, 0.717) is 0 Å². The van der Waals surface area contributed by atoms with Gasteiger partial charge in [0.05, 0.1) is 13.6 Å². The van der Waals surface area contributed by atoms with Gasteiger partial charge in [0.15, 0.2) is 0 Å². The van der Waals surface area contributed by atoms with E-state index >= 15 is 0 Å². The van der Waals surface area contributed by atoms with E-state index in [9.17, 15) is 0 Å². The Balaban J connectivity index is 1.30. The highest BCUT2D eigenvalue weighted by atomic mass is 15.3. The second kappa shape index (κ2) is 11.1. The molecule has 0 N–H and O–H groups in total. The van der Waals surface area contributed by atoms with Crippen molar-refractivity contribution in [2.24, 2.45) is 11.8 Å². The number of unbranched alkanes of at least 4 members (excludes halogenated alkanes) is 1. The second-order valence-corrected chi connectivity index (χ2v) is 12.5. The molecule has 4 aliphatic rings. The summed E-state index contributed by atoms with van der Waals surface area (Å²) in [6.45, 7) is 9.57. The summed E-state index contributed by atoms with van der Waals surface area (Å²) in [6, 6.07) is 9.18. The number of allylic oxidation sites excluding steroid dienone is 1. The van der Waals surface area contributed by atoms with Crippen LogP contribution in [0.2, 0.25) is 0 Å². The molecule has 0 aromatic heterocycles. The smallest absolute Gasteiger partial charge is 0.273 e. The van der Waals surface area contributed by atoms with Crippen LogP contribution in [0.5, 0.6) is 0 Å². The maximum absolute atomic E-state index is 2.68. The quantitative estimate of drug-likeness (QED) is 0.258. The number of nitrogens with zero attached hydrogens (tertiary/aromatic N) is 3. The van der Waals surface area contributed by atoms with Gasteiger partial charge in [-0.1, -0.05) is 89.8 Å². The molecule has 1 aromatic rings. The van der Waals surface area contributed by atoms with Gasteiger partial charge in [0.2, 0.25) is 0 Å².